The van der Waals surface area contributed by atoms with Crippen LogP contribution in [-0.4, -0.2) is 11.8 Å². The average Bonchev–Trinajstić information content (AvgIpc) is 2.39. The Morgan fingerprint density at radius 1 is 1.17 bits per heavy atom. The van der Waals surface area contributed by atoms with Crippen molar-refractivity contribution in [2.24, 2.45) is 5.92 Å². The van der Waals surface area contributed by atoms with Crippen LogP contribution in [0.25, 0.3) is 0 Å². The molecule has 1 atom stereocenters. The van der Waals surface area contributed by atoms with E-state index >= 15 is 0 Å². The van der Waals surface area contributed by atoms with Crippen LogP contribution in [0.1, 0.15) is 38.7 Å². The third-order valence-corrected chi connectivity index (χ3v) is 2.80. The van der Waals surface area contributed by atoms with Crippen LogP contribution in [0.15, 0.2) is 30.3 Å². The maximum atomic E-state index is 11.8. The van der Waals surface area contributed by atoms with Crippen LogP contribution in [0.2, 0.25) is 0 Å². The number of ether oxygens (including phenoxy) is 1. The molecule has 0 fully saturated rings. The number of hydrogen-bond donors (Lipinski definition) is 0. The summed E-state index contributed by atoms with van der Waals surface area (Å²) in [4.78, 5) is 23.5. The summed E-state index contributed by atoms with van der Waals surface area (Å²) in [6.07, 6.45) is 1.71. The lowest BCUT2D eigenvalue weighted by molar-refractivity contribution is -0.153. The van der Waals surface area contributed by atoms with Crippen molar-refractivity contribution in [2.75, 3.05) is 0 Å². The zero-order chi connectivity index (χ0) is 13.4. The molecule has 0 aromatic heterocycles. The van der Waals surface area contributed by atoms with Crippen LogP contribution in [0, 0.1) is 5.92 Å². The van der Waals surface area contributed by atoms with Crippen LogP contribution in [0.4, 0.5) is 0 Å². The van der Waals surface area contributed by atoms with Crippen LogP contribution in [-0.2, 0) is 20.9 Å². The number of ketones is 1. The highest BCUT2D eigenvalue weighted by Gasteiger charge is 2.25. The van der Waals surface area contributed by atoms with Crippen molar-refractivity contribution < 1.29 is 14.3 Å². The summed E-state index contributed by atoms with van der Waals surface area (Å²) < 4.78 is 5.19. The van der Waals surface area contributed by atoms with Gasteiger partial charge in [-0.25, -0.2) is 0 Å². The Bertz CT molecular complexity index is 384. The molecule has 1 aromatic rings. The largest absolute Gasteiger partial charge is 0.460 e. The molecule has 0 amide bonds. The Balaban J connectivity index is 2.50. The van der Waals surface area contributed by atoms with Crippen molar-refractivity contribution in [1.29, 1.82) is 0 Å². The van der Waals surface area contributed by atoms with Crippen LogP contribution in [0.3, 0.4) is 0 Å². The highest BCUT2D eigenvalue weighted by molar-refractivity contribution is 5.98. The molecule has 0 heterocycles. The zero-order valence-corrected chi connectivity index (χ0v) is 11.0. The van der Waals surface area contributed by atoms with E-state index in [0.717, 1.165) is 12.0 Å². The topological polar surface area (TPSA) is 43.4 Å². The number of rotatable bonds is 7. The molecule has 3 nitrogen and oxygen atoms in total. The monoisotopic (exact) mass is 248 g/mol. The third kappa shape index (κ3) is 4.32. The summed E-state index contributed by atoms with van der Waals surface area (Å²) in [5, 5.41) is 0. The number of benzene rings is 1. The molecule has 0 saturated carbocycles. The van der Waals surface area contributed by atoms with E-state index in [2.05, 4.69) is 0 Å². The van der Waals surface area contributed by atoms with Gasteiger partial charge < -0.3 is 4.74 Å². The van der Waals surface area contributed by atoms with Crippen molar-refractivity contribution in [2.45, 2.75) is 39.7 Å². The van der Waals surface area contributed by atoms with E-state index in [1.165, 1.54) is 0 Å². The minimum absolute atomic E-state index is 0.0157. The van der Waals surface area contributed by atoms with Crippen LogP contribution >= 0.6 is 0 Å². The Morgan fingerprint density at radius 2 is 1.83 bits per heavy atom. The first-order valence-corrected chi connectivity index (χ1v) is 6.42. The maximum Gasteiger partial charge on any atom is 0.316 e. The summed E-state index contributed by atoms with van der Waals surface area (Å²) in [7, 11) is 0. The molecular weight excluding hydrogens is 228 g/mol. The lowest BCUT2D eigenvalue weighted by Gasteiger charge is -2.12. The van der Waals surface area contributed by atoms with Crippen LogP contribution in [0.5, 0.6) is 0 Å². The van der Waals surface area contributed by atoms with Gasteiger partial charge in [-0.1, -0.05) is 44.2 Å². The average molecular weight is 248 g/mol. The first-order chi connectivity index (χ1) is 8.69. The Labute approximate surface area is 108 Å². The third-order valence-electron chi connectivity index (χ3n) is 2.80. The Hall–Kier alpha value is -1.64. The molecule has 0 aliphatic carbocycles. The molecular formula is C15H20O3. The lowest BCUT2D eigenvalue weighted by atomic mass is 9.98. The number of hydrogen-bond acceptors (Lipinski definition) is 3. The van der Waals surface area contributed by atoms with Crippen molar-refractivity contribution in [1.82, 2.24) is 0 Å². The van der Waals surface area contributed by atoms with E-state index in [1.54, 1.807) is 0 Å². The zero-order valence-electron chi connectivity index (χ0n) is 11.0. The molecule has 18 heavy (non-hydrogen) atoms. The van der Waals surface area contributed by atoms with E-state index in [1.807, 2.05) is 44.2 Å². The Morgan fingerprint density at radius 3 is 2.39 bits per heavy atom. The van der Waals surface area contributed by atoms with Crippen molar-refractivity contribution in [3.63, 3.8) is 0 Å². The molecule has 1 aromatic carbocycles. The van der Waals surface area contributed by atoms with E-state index in [9.17, 15) is 9.59 Å². The van der Waals surface area contributed by atoms with Gasteiger partial charge in [0.1, 0.15) is 18.3 Å². The molecule has 0 aliphatic rings. The SMILES string of the molecule is CCCC(=O)C(CC)C(=O)OCc1ccccc1. The summed E-state index contributed by atoms with van der Waals surface area (Å²) in [5.74, 6) is -1.02. The lowest BCUT2D eigenvalue weighted by Crippen LogP contribution is -2.25. The van der Waals surface area contributed by atoms with Gasteiger partial charge in [-0.2, -0.15) is 0 Å². The fraction of sp³-hybridized carbons (Fsp3) is 0.467. The standard InChI is InChI=1S/C15H20O3/c1-3-8-14(16)13(4-2)15(17)18-11-12-9-6-5-7-10-12/h5-7,9-10,13H,3-4,8,11H2,1-2H3. The number of carbonyl (C=O) groups excluding carboxylic acids is 2. The highest BCUT2D eigenvalue weighted by atomic mass is 16.5. The number of esters is 1. The van der Waals surface area contributed by atoms with E-state index < -0.39 is 11.9 Å². The molecule has 1 unspecified atom stereocenters. The second-order valence-electron chi connectivity index (χ2n) is 4.27. The summed E-state index contributed by atoms with van der Waals surface area (Å²) in [6, 6.07) is 9.47. The molecule has 0 bridgehead atoms. The first-order valence-electron chi connectivity index (χ1n) is 6.42. The normalized spacial score (nSPS) is 11.9. The van der Waals surface area contributed by atoms with E-state index in [4.69, 9.17) is 4.74 Å². The van der Waals surface area contributed by atoms with Crippen LogP contribution < -0.4 is 0 Å². The second kappa shape index (κ2) is 7.64. The number of carbonyl (C=O) groups is 2. The maximum absolute atomic E-state index is 11.8. The fourth-order valence-corrected chi connectivity index (χ4v) is 1.78. The smallest absolute Gasteiger partial charge is 0.316 e. The minimum atomic E-state index is -0.603. The van der Waals surface area contributed by atoms with Gasteiger partial charge in [0.05, 0.1) is 0 Å². The van der Waals surface area contributed by atoms with E-state index in [0.29, 0.717) is 12.8 Å². The summed E-state index contributed by atoms with van der Waals surface area (Å²) in [6.45, 7) is 4.00. The molecule has 0 saturated heterocycles. The number of Topliss-reactive ketones (excluding diaryl/α,β-unsaturated/α-hetero) is 1. The van der Waals surface area contributed by atoms with Gasteiger partial charge >= 0.3 is 5.97 Å². The predicted octanol–water partition coefficient (Wildman–Crippen LogP) is 3.13. The van der Waals surface area contributed by atoms with Gasteiger partial charge in [0.15, 0.2) is 0 Å². The molecule has 0 spiro atoms. The molecule has 0 N–H and O–H groups in total. The van der Waals surface area contributed by atoms with Gasteiger partial charge in [-0.3, -0.25) is 9.59 Å². The summed E-state index contributed by atoms with van der Waals surface area (Å²) in [5.41, 5.74) is 0.934. The van der Waals surface area contributed by atoms with Crippen molar-refractivity contribution in [3.8, 4) is 0 Å². The second-order valence-corrected chi connectivity index (χ2v) is 4.27. The quantitative estimate of drug-likeness (QED) is 0.550. The van der Waals surface area contributed by atoms with Gasteiger partial charge in [-0.05, 0) is 18.4 Å². The molecule has 1 rings (SSSR count). The van der Waals surface area contributed by atoms with Gasteiger partial charge in [-0.15, -0.1) is 0 Å². The summed E-state index contributed by atoms with van der Waals surface area (Å²) >= 11 is 0. The molecule has 3 heteroatoms. The molecule has 0 radical (unpaired) electrons. The minimum Gasteiger partial charge on any atom is -0.460 e. The molecule has 98 valence electrons. The van der Waals surface area contributed by atoms with Gasteiger partial charge in [0.2, 0.25) is 0 Å². The molecule has 0 aliphatic heterocycles. The first kappa shape index (κ1) is 14.4. The predicted molar refractivity (Wildman–Crippen MR) is 69.9 cm³/mol. The van der Waals surface area contributed by atoms with Gasteiger partial charge in [0, 0.05) is 6.42 Å². The van der Waals surface area contributed by atoms with Gasteiger partial charge in [0.25, 0.3) is 0 Å². The van der Waals surface area contributed by atoms with Crippen molar-refractivity contribution in [3.05, 3.63) is 35.9 Å². The Kier molecular flexibility index (Phi) is 6.12. The van der Waals surface area contributed by atoms with Crippen molar-refractivity contribution >= 4 is 11.8 Å². The van der Waals surface area contributed by atoms with E-state index in [-0.39, 0.29) is 12.4 Å². The highest BCUT2D eigenvalue weighted by Crippen LogP contribution is 2.12. The fourth-order valence-electron chi connectivity index (χ4n) is 1.78.